The summed E-state index contributed by atoms with van der Waals surface area (Å²) in [7, 11) is -3.20. The van der Waals surface area contributed by atoms with Crippen LogP contribution < -0.4 is 0 Å². The van der Waals surface area contributed by atoms with Gasteiger partial charge >= 0.3 is 0 Å². The summed E-state index contributed by atoms with van der Waals surface area (Å²) >= 11 is 6.19. The first-order valence-corrected chi connectivity index (χ1v) is 9.61. The lowest BCUT2D eigenvalue weighted by Crippen LogP contribution is -1.97. The maximum atomic E-state index is 13.3. The predicted molar refractivity (Wildman–Crippen MR) is 91.6 cm³/mol. The van der Waals surface area contributed by atoms with Crippen molar-refractivity contribution in [3.8, 4) is 0 Å². The fourth-order valence-electron chi connectivity index (χ4n) is 3.00. The van der Waals surface area contributed by atoms with Gasteiger partial charge in [-0.15, -0.1) is 0 Å². The molecule has 0 saturated heterocycles. The minimum atomic E-state index is -3.20. The van der Waals surface area contributed by atoms with Crippen LogP contribution in [-0.2, 0) is 9.84 Å². The van der Waals surface area contributed by atoms with Gasteiger partial charge in [-0.1, -0.05) is 29.8 Å². The molecule has 0 bridgehead atoms. The lowest BCUT2D eigenvalue weighted by atomic mass is 9.97. The van der Waals surface area contributed by atoms with E-state index in [2.05, 4.69) is 0 Å². The van der Waals surface area contributed by atoms with Gasteiger partial charge in [0.2, 0.25) is 0 Å². The molecule has 1 aliphatic carbocycles. The van der Waals surface area contributed by atoms with Gasteiger partial charge in [0.05, 0.1) is 9.92 Å². The number of benzene rings is 2. The third kappa shape index (κ3) is 3.33. The fraction of sp³-hybridized carbons (Fsp3) is 0.222. The summed E-state index contributed by atoms with van der Waals surface area (Å²) in [6.45, 7) is 0. The van der Waals surface area contributed by atoms with Crippen molar-refractivity contribution in [3.63, 3.8) is 0 Å². The highest BCUT2D eigenvalue weighted by molar-refractivity contribution is 7.90. The molecular formula is C18H16ClFO2S. The Balaban J connectivity index is 2.06. The Bertz CT molecular complexity index is 884. The molecule has 0 atom stereocenters. The molecule has 0 amide bonds. The van der Waals surface area contributed by atoms with Gasteiger partial charge in [-0.25, -0.2) is 12.8 Å². The molecule has 2 aromatic rings. The van der Waals surface area contributed by atoms with Crippen molar-refractivity contribution in [2.24, 2.45) is 0 Å². The number of allylic oxidation sites excluding steroid dienone is 2. The first kappa shape index (κ1) is 16.2. The van der Waals surface area contributed by atoms with Crippen LogP contribution in [0.1, 0.15) is 30.4 Å². The van der Waals surface area contributed by atoms with Gasteiger partial charge in [0.1, 0.15) is 5.82 Å². The lowest BCUT2D eigenvalue weighted by Gasteiger charge is -2.11. The Labute approximate surface area is 140 Å². The van der Waals surface area contributed by atoms with Gasteiger partial charge in [0, 0.05) is 6.26 Å². The predicted octanol–water partition coefficient (Wildman–Crippen LogP) is 4.98. The second-order valence-corrected chi connectivity index (χ2v) is 8.15. The molecule has 0 aromatic heterocycles. The first-order valence-electron chi connectivity index (χ1n) is 7.34. The quantitative estimate of drug-likeness (QED) is 0.782. The maximum Gasteiger partial charge on any atom is 0.175 e. The number of hydrogen-bond acceptors (Lipinski definition) is 2. The number of halogens is 2. The molecule has 0 aliphatic heterocycles. The zero-order valence-electron chi connectivity index (χ0n) is 12.6. The van der Waals surface area contributed by atoms with Crippen LogP contribution >= 0.6 is 11.6 Å². The maximum absolute atomic E-state index is 13.3. The topological polar surface area (TPSA) is 34.1 Å². The van der Waals surface area contributed by atoms with Crippen LogP contribution in [0.5, 0.6) is 0 Å². The molecule has 5 heteroatoms. The molecule has 0 heterocycles. The smallest absolute Gasteiger partial charge is 0.175 e. The van der Waals surface area contributed by atoms with Gasteiger partial charge < -0.3 is 0 Å². The summed E-state index contributed by atoms with van der Waals surface area (Å²) < 4.78 is 36.4. The fourth-order valence-corrected chi connectivity index (χ4v) is 3.91. The minimum absolute atomic E-state index is 0.307. The van der Waals surface area contributed by atoms with Gasteiger partial charge in [0.15, 0.2) is 9.84 Å². The second-order valence-electron chi connectivity index (χ2n) is 5.73. The Hall–Kier alpha value is -1.65. The Kier molecular flexibility index (Phi) is 4.30. The monoisotopic (exact) mass is 350 g/mol. The Morgan fingerprint density at radius 3 is 2.26 bits per heavy atom. The summed E-state index contributed by atoms with van der Waals surface area (Å²) in [5.74, 6) is -0.351. The molecule has 0 fully saturated rings. The number of sulfone groups is 1. The average Bonchev–Trinajstić information content (AvgIpc) is 2.95. The molecule has 0 unspecified atom stereocenters. The third-order valence-corrected chi connectivity index (χ3v) is 5.55. The van der Waals surface area contributed by atoms with Gasteiger partial charge in [-0.2, -0.15) is 0 Å². The number of hydrogen-bond donors (Lipinski definition) is 0. The highest BCUT2D eigenvalue weighted by Crippen LogP contribution is 2.42. The van der Waals surface area contributed by atoms with Crippen molar-refractivity contribution in [1.82, 2.24) is 0 Å². The molecule has 0 radical (unpaired) electrons. The van der Waals surface area contributed by atoms with Crippen molar-refractivity contribution in [1.29, 1.82) is 0 Å². The van der Waals surface area contributed by atoms with Crippen molar-refractivity contribution < 1.29 is 12.8 Å². The van der Waals surface area contributed by atoms with Crippen LogP contribution in [0.2, 0.25) is 5.02 Å². The van der Waals surface area contributed by atoms with E-state index in [1.807, 2.05) is 12.1 Å². The van der Waals surface area contributed by atoms with Crippen molar-refractivity contribution in [3.05, 3.63) is 64.4 Å². The molecular weight excluding hydrogens is 335 g/mol. The van der Waals surface area contributed by atoms with Gasteiger partial charge in [-0.05, 0) is 65.8 Å². The molecule has 3 rings (SSSR count). The van der Waals surface area contributed by atoms with Gasteiger partial charge in [0.25, 0.3) is 0 Å². The van der Waals surface area contributed by atoms with Crippen LogP contribution in [0.3, 0.4) is 0 Å². The SMILES string of the molecule is CS(=O)(=O)c1ccc(C2=C(c3ccc(F)cc3Cl)CCC2)cc1. The molecule has 1 aliphatic rings. The van der Waals surface area contributed by atoms with Crippen LogP contribution in [0.25, 0.3) is 11.1 Å². The van der Waals surface area contributed by atoms with Crippen LogP contribution in [0, 0.1) is 5.82 Å². The standard InChI is InChI=1S/C18H16ClFO2S/c1-23(21,22)14-8-5-12(6-9-14)15-3-2-4-16(15)17-10-7-13(20)11-18(17)19/h5-11H,2-4H2,1H3. The summed E-state index contributed by atoms with van der Waals surface area (Å²) in [6, 6.07) is 11.4. The van der Waals surface area contributed by atoms with Crippen LogP contribution in [0.4, 0.5) is 4.39 Å². The molecule has 0 N–H and O–H groups in total. The van der Waals surface area contributed by atoms with Crippen molar-refractivity contribution in [2.45, 2.75) is 24.2 Å². The summed E-state index contributed by atoms with van der Waals surface area (Å²) in [4.78, 5) is 0.307. The minimum Gasteiger partial charge on any atom is -0.224 e. The Morgan fingerprint density at radius 1 is 1.00 bits per heavy atom. The average molecular weight is 351 g/mol. The molecule has 2 nitrogen and oxygen atoms in total. The first-order chi connectivity index (χ1) is 10.9. The lowest BCUT2D eigenvalue weighted by molar-refractivity contribution is 0.602. The van der Waals surface area contributed by atoms with E-state index < -0.39 is 9.84 Å². The van der Waals surface area contributed by atoms with E-state index in [0.29, 0.717) is 9.92 Å². The zero-order chi connectivity index (χ0) is 16.6. The third-order valence-electron chi connectivity index (χ3n) is 4.11. The van der Waals surface area contributed by atoms with Crippen LogP contribution in [-0.4, -0.2) is 14.7 Å². The molecule has 0 saturated carbocycles. The highest BCUT2D eigenvalue weighted by Gasteiger charge is 2.20. The van der Waals surface area contributed by atoms with Crippen molar-refractivity contribution >= 4 is 32.6 Å². The van der Waals surface area contributed by atoms with E-state index in [1.54, 1.807) is 18.2 Å². The molecule has 0 spiro atoms. The van der Waals surface area contributed by atoms with Gasteiger partial charge in [-0.3, -0.25) is 0 Å². The highest BCUT2D eigenvalue weighted by atomic mass is 35.5. The summed E-state index contributed by atoms with van der Waals surface area (Å²) in [6.07, 6.45) is 3.99. The van der Waals surface area contributed by atoms with Crippen LogP contribution in [0.15, 0.2) is 47.4 Å². The Morgan fingerprint density at radius 2 is 1.65 bits per heavy atom. The summed E-state index contributed by atoms with van der Waals surface area (Å²) in [5, 5.41) is 0.409. The normalized spacial score (nSPS) is 15.3. The molecule has 2 aromatic carbocycles. The van der Waals surface area contributed by atoms with E-state index in [9.17, 15) is 12.8 Å². The zero-order valence-corrected chi connectivity index (χ0v) is 14.2. The van der Waals surface area contributed by atoms with E-state index in [4.69, 9.17) is 11.6 Å². The molecule has 120 valence electrons. The largest absolute Gasteiger partial charge is 0.224 e. The van der Waals surface area contributed by atoms with E-state index in [-0.39, 0.29) is 5.82 Å². The molecule has 23 heavy (non-hydrogen) atoms. The van der Waals surface area contributed by atoms with E-state index in [1.165, 1.54) is 18.4 Å². The second kappa shape index (κ2) is 6.10. The summed E-state index contributed by atoms with van der Waals surface area (Å²) in [5.41, 5.74) is 4.11. The van der Waals surface area contributed by atoms with E-state index >= 15 is 0 Å². The number of rotatable bonds is 3. The van der Waals surface area contributed by atoms with Crippen molar-refractivity contribution in [2.75, 3.05) is 6.26 Å². The van der Waals surface area contributed by atoms with E-state index in [0.717, 1.165) is 41.5 Å².